The fourth-order valence-corrected chi connectivity index (χ4v) is 4.57. The predicted octanol–water partition coefficient (Wildman–Crippen LogP) is 4.91. The van der Waals surface area contributed by atoms with Crippen molar-refractivity contribution in [3.8, 4) is 0 Å². The average molecular weight is 543 g/mol. The molecule has 0 aromatic rings. The maximum Gasteiger partial charge on any atom is 0.246 e. The van der Waals surface area contributed by atoms with Crippen molar-refractivity contribution >= 4 is 11.8 Å². The van der Waals surface area contributed by atoms with Crippen molar-refractivity contribution in [2.24, 2.45) is 0 Å². The Morgan fingerprint density at radius 3 is 1.87 bits per heavy atom. The molecular weight excluding hydrogens is 486 g/mol. The molecule has 223 valence electrons. The molecule has 9 heteroatoms. The highest BCUT2D eigenvalue weighted by molar-refractivity contribution is 5.77. The Labute approximate surface area is 231 Å². The monoisotopic (exact) mass is 542 g/mol. The third kappa shape index (κ3) is 16.0. The Morgan fingerprint density at radius 1 is 0.763 bits per heavy atom. The molecule has 0 saturated carbocycles. The minimum absolute atomic E-state index is 0.0737. The summed E-state index contributed by atoms with van der Waals surface area (Å²) >= 11 is 0. The third-order valence-corrected chi connectivity index (χ3v) is 7.01. The van der Waals surface area contributed by atoms with Gasteiger partial charge in [0.05, 0.1) is 38.5 Å². The lowest BCUT2D eigenvalue weighted by Crippen LogP contribution is -2.53. The van der Waals surface area contributed by atoms with Gasteiger partial charge in [0, 0.05) is 13.0 Å². The molecule has 1 saturated heterocycles. The second-order valence-electron chi connectivity index (χ2n) is 11.4. The molecule has 0 spiro atoms. The van der Waals surface area contributed by atoms with Gasteiger partial charge in [0.2, 0.25) is 11.8 Å². The molecule has 38 heavy (non-hydrogen) atoms. The minimum Gasteiger partial charge on any atom is -0.377 e. The zero-order valence-corrected chi connectivity index (χ0v) is 24.7. The Bertz CT molecular complexity index is 633. The van der Waals surface area contributed by atoms with Crippen LogP contribution in [0.2, 0.25) is 0 Å². The molecule has 0 aromatic heterocycles. The van der Waals surface area contributed by atoms with Crippen molar-refractivity contribution in [1.82, 2.24) is 15.7 Å². The van der Waals surface area contributed by atoms with Crippen LogP contribution in [0.25, 0.3) is 0 Å². The molecule has 0 bridgehead atoms. The molecule has 1 rings (SSSR count). The van der Waals surface area contributed by atoms with E-state index in [9.17, 15) is 14.8 Å². The van der Waals surface area contributed by atoms with Crippen LogP contribution < -0.4 is 10.6 Å². The summed E-state index contributed by atoms with van der Waals surface area (Å²) in [6.45, 7) is 9.33. The first kappa shape index (κ1) is 34.8. The van der Waals surface area contributed by atoms with Gasteiger partial charge in [-0.15, -0.1) is 10.3 Å². The van der Waals surface area contributed by atoms with Gasteiger partial charge in [0.15, 0.2) is 5.72 Å². The van der Waals surface area contributed by atoms with Crippen molar-refractivity contribution in [3.63, 3.8) is 0 Å². The summed E-state index contributed by atoms with van der Waals surface area (Å²) in [6.07, 6.45) is 17.4. The van der Waals surface area contributed by atoms with Crippen LogP contribution in [0.4, 0.5) is 0 Å². The lowest BCUT2D eigenvalue weighted by Gasteiger charge is -2.32. The number of nitrogens with one attached hydrogen (secondary N) is 2. The van der Waals surface area contributed by atoms with E-state index >= 15 is 0 Å². The van der Waals surface area contributed by atoms with Gasteiger partial charge < -0.3 is 24.8 Å². The highest BCUT2D eigenvalue weighted by Crippen LogP contribution is 2.32. The quantitative estimate of drug-likeness (QED) is 0.168. The van der Waals surface area contributed by atoms with E-state index in [-0.39, 0.29) is 31.6 Å². The van der Waals surface area contributed by atoms with E-state index in [4.69, 9.17) is 14.2 Å². The minimum atomic E-state index is -1.07. The number of amides is 2. The number of hydrogen-bond donors (Lipinski definition) is 2. The lowest BCUT2D eigenvalue weighted by molar-refractivity contribution is -0.281. The highest BCUT2D eigenvalue weighted by atomic mass is 16.6. The molecule has 1 unspecified atom stereocenters. The van der Waals surface area contributed by atoms with Crippen LogP contribution in [-0.4, -0.2) is 74.3 Å². The van der Waals surface area contributed by atoms with Crippen LogP contribution >= 0.6 is 0 Å². The zero-order chi connectivity index (χ0) is 28.1. The Morgan fingerprint density at radius 2 is 1.32 bits per heavy atom. The topological polar surface area (TPSA) is 109 Å². The number of unbranched alkanes of at least 4 members (excludes halogenated alkanes) is 12. The first-order chi connectivity index (χ1) is 18.2. The molecule has 1 radical (unpaired) electrons. The predicted molar refractivity (Wildman–Crippen MR) is 149 cm³/mol. The lowest BCUT2D eigenvalue weighted by atomic mass is 10.0. The summed E-state index contributed by atoms with van der Waals surface area (Å²) in [6, 6.07) is 0. The van der Waals surface area contributed by atoms with Crippen molar-refractivity contribution in [2.45, 2.75) is 129 Å². The van der Waals surface area contributed by atoms with E-state index in [2.05, 4.69) is 17.6 Å². The fraction of sp³-hybridized carbons (Fsp3) is 0.931. The number of ether oxygens (including phenoxy) is 3. The molecule has 0 aliphatic carbocycles. The zero-order valence-electron chi connectivity index (χ0n) is 24.7. The summed E-state index contributed by atoms with van der Waals surface area (Å²) in [5.74, 6) is -0.238. The Balaban J connectivity index is 1.84. The molecule has 1 aliphatic heterocycles. The summed E-state index contributed by atoms with van der Waals surface area (Å²) in [5, 5.41) is 18.8. The van der Waals surface area contributed by atoms with Gasteiger partial charge in [-0.25, -0.2) is 0 Å². The van der Waals surface area contributed by atoms with Gasteiger partial charge in [0.1, 0.15) is 6.61 Å². The smallest absolute Gasteiger partial charge is 0.246 e. The van der Waals surface area contributed by atoms with Crippen LogP contribution in [0.1, 0.15) is 118 Å². The summed E-state index contributed by atoms with van der Waals surface area (Å²) in [5.41, 5.74) is -1.68. The molecule has 2 amide bonds. The molecule has 1 atom stereocenters. The molecule has 9 nitrogen and oxygen atoms in total. The normalized spacial score (nSPS) is 19.1. The number of hydrogen-bond acceptors (Lipinski definition) is 6. The van der Waals surface area contributed by atoms with Gasteiger partial charge in [-0.3, -0.25) is 9.59 Å². The van der Waals surface area contributed by atoms with Gasteiger partial charge in [0.25, 0.3) is 0 Å². The van der Waals surface area contributed by atoms with Crippen LogP contribution in [0.5, 0.6) is 0 Å². The summed E-state index contributed by atoms with van der Waals surface area (Å²) in [4.78, 5) is 23.9. The second kappa shape index (κ2) is 20.6. The Hall–Kier alpha value is -1.26. The van der Waals surface area contributed by atoms with Crippen molar-refractivity contribution in [2.75, 3.05) is 46.1 Å². The average Bonchev–Trinajstić information content (AvgIpc) is 3.10. The molecule has 1 heterocycles. The Kier molecular flexibility index (Phi) is 18.9. The maximum atomic E-state index is 12.3. The van der Waals surface area contributed by atoms with E-state index in [1.807, 2.05) is 13.8 Å². The van der Waals surface area contributed by atoms with Gasteiger partial charge in [-0.1, -0.05) is 84.0 Å². The van der Waals surface area contributed by atoms with Crippen molar-refractivity contribution in [1.29, 1.82) is 0 Å². The van der Waals surface area contributed by atoms with Crippen LogP contribution in [0.3, 0.4) is 0 Å². The standard InChI is InChI=1S/C29H56N3O6/c1-5-6-7-8-9-10-11-12-13-14-15-16-17-18-26(33)30-19-20-36-21-22-37-23-27(34)31-24-29(4)32(35)28(2,3)25-38-29/h5-25H2,1-4H3,(H,30,33)(H,31,34). The third-order valence-electron chi connectivity index (χ3n) is 7.01. The first-order valence-corrected chi connectivity index (χ1v) is 15.0. The number of hydroxylamine groups is 2. The van der Waals surface area contributed by atoms with Crippen molar-refractivity contribution < 1.29 is 29.0 Å². The maximum absolute atomic E-state index is 12.3. The highest BCUT2D eigenvalue weighted by Gasteiger charge is 2.50. The number of carbonyl (C=O) groups excluding carboxylic acids is 2. The first-order valence-electron chi connectivity index (χ1n) is 15.0. The van der Waals surface area contributed by atoms with Gasteiger partial charge >= 0.3 is 0 Å². The number of carbonyl (C=O) groups is 2. The van der Waals surface area contributed by atoms with E-state index in [1.54, 1.807) is 6.92 Å². The van der Waals surface area contributed by atoms with Crippen molar-refractivity contribution in [3.05, 3.63) is 0 Å². The largest absolute Gasteiger partial charge is 0.377 e. The summed E-state index contributed by atoms with van der Waals surface area (Å²) in [7, 11) is 0. The number of rotatable bonds is 24. The van der Waals surface area contributed by atoms with E-state index in [1.165, 1.54) is 70.6 Å². The fourth-order valence-electron chi connectivity index (χ4n) is 4.57. The molecule has 1 fully saturated rings. The van der Waals surface area contributed by atoms with Gasteiger partial charge in [-0.05, 0) is 27.2 Å². The van der Waals surface area contributed by atoms with Crippen LogP contribution in [0, 0.1) is 0 Å². The van der Waals surface area contributed by atoms with Crippen LogP contribution in [-0.2, 0) is 29.0 Å². The SMILES string of the molecule is CCCCCCCCCCCCCCCC(=O)NCCOCCOCC(=O)NCC1(C)OCC(C)(C)N1[O]. The molecule has 2 N–H and O–H groups in total. The van der Waals surface area contributed by atoms with Crippen LogP contribution in [0.15, 0.2) is 0 Å². The molecule has 0 aromatic carbocycles. The molecule has 1 aliphatic rings. The van der Waals surface area contributed by atoms with E-state index < -0.39 is 11.3 Å². The summed E-state index contributed by atoms with van der Waals surface area (Å²) < 4.78 is 16.3. The van der Waals surface area contributed by atoms with E-state index in [0.717, 1.165) is 17.9 Å². The second-order valence-corrected chi connectivity index (χ2v) is 11.4. The van der Waals surface area contributed by atoms with Gasteiger partial charge in [-0.2, -0.15) is 0 Å². The van der Waals surface area contributed by atoms with E-state index in [0.29, 0.717) is 32.8 Å². The molecular formula is C29H56N3O6. The number of nitrogens with zero attached hydrogens (tertiary/aromatic N) is 1.